The summed E-state index contributed by atoms with van der Waals surface area (Å²) in [5, 5.41) is 5.09. The Morgan fingerprint density at radius 2 is 1.72 bits per heavy atom. The lowest BCUT2D eigenvalue weighted by Crippen LogP contribution is -2.27. The number of hydrogen-bond acceptors (Lipinski definition) is 3. The monoisotopic (exact) mass is 333 g/mol. The highest BCUT2D eigenvalue weighted by atomic mass is 16.6. The number of hydrogen-bond donors (Lipinski definition) is 1. The maximum atomic E-state index is 12.8. The predicted molar refractivity (Wildman–Crippen MR) is 97.3 cm³/mol. The largest absolute Gasteiger partial charge is 0.486 e. The number of ether oxygens (including phenoxy) is 2. The van der Waals surface area contributed by atoms with Gasteiger partial charge in [-0.3, -0.25) is 4.79 Å². The van der Waals surface area contributed by atoms with Crippen molar-refractivity contribution in [1.29, 1.82) is 0 Å². The van der Waals surface area contributed by atoms with Gasteiger partial charge < -0.3 is 14.8 Å². The predicted octanol–water partition coefficient (Wildman–Crippen LogP) is 4.10. The zero-order chi connectivity index (χ0) is 17.2. The summed E-state index contributed by atoms with van der Waals surface area (Å²) in [4.78, 5) is 12.8. The van der Waals surface area contributed by atoms with Crippen molar-refractivity contribution in [2.45, 2.75) is 13.0 Å². The lowest BCUT2D eigenvalue weighted by molar-refractivity contribution is 0.0941. The third-order valence-corrected chi connectivity index (χ3v) is 4.45. The normalized spacial score (nSPS) is 14.1. The summed E-state index contributed by atoms with van der Waals surface area (Å²) in [6.45, 7) is 3.08. The van der Waals surface area contributed by atoms with Crippen LogP contribution in [-0.4, -0.2) is 19.1 Å². The number of carbonyl (C=O) groups is 1. The third kappa shape index (κ3) is 3.03. The molecule has 0 saturated carbocycles. The number of fused-ring (bicyclic) bond motifs is 2. The molecule has 1 amide bonds. The highest BCUT2D eigenvalue weighted by Gasteiger charge is 2.17. The van der Waals surface area contributed by atoms with Gasteiger partial charge in [0.2, 0.25) is 0 Å². The van der Waals surface area contributed by atoms with Crippen LogP contribution in [0.5, 0.6) is 11.5 Å². The van der Waals surface area contributed by atoms with Gasteiger partial charge in [-0.2, -0.15) is 0 Å². The number of amides is 1. The molecule has 0 spiro atoms. The zero-order valence-electron chi connectivity index (χ0n) is 14.0. The first-order valence-corrected chi connectivity index (χ1v) is 8.40. The van der Waals surface area contributed by atoms with E-state index in [1.54, 1.807) is 0 Å². The van der Waals surface area contributed by atoms with Crippen LogP contribution in [0.4, 0.5) is 0 Å². The maximum Gasteiger partial charge on any atom is 0.252 e. The van der Waals surface area contributed by atoms with Crippen LogP contribution in [-0.2, 0) is 0 Å². The minimum Gasteiger partial charge on any atom is -0.486 e. The first kappa shape index (κ1) is 15.5. The Labute approximate surface area is 146 Å². The number of benzene rings is 3. The van der Waals surface area contributed by atoms with Crippen LogP contribution in [0, 0.1) is 0 Å². The first-order chi connectivity index (χ1) is 12.2. The summed E-state index contributed by atoms with van der Waals surface area (Å²) in [6, 6.07) is 19.3. The van der Waals surface area contributed by atoms with E-state index in [0.717, 1.165) is 27.8 Å². The molecule has 25 heavy (non-hydrogen) atoms. The Hall–Kier alpha value is -3.01. The first-order valence-electron chi connectivity index (χ1n) is 8.40. The van der Waals surface area contributed by atoms with Gasteiger partial charge in [0.1, 0.15) is 13.2 Å². The van der Waals surface area contributed by atoms with Crippen molar-refractivity contribution < 1.29 is 14.3 Å². The van der Waals surface area contributed by atoms with E-state index in [1.165, 1.54) is 0 Å². The van der Waals surface area contributed by atoms with Crippen molar-refractivity contribution >= 4 is 16.7 Å². The molecule has 1 aliphatic heterocycles. The maximum absolute atomic E-state index is 12.8. The summed E-state index contributed by atoms with van der Waals surface area (Å²) >= 11 is 0. The molecule has 0 aromatic heterocycles. The van der Waals surface area contributed by atoms with Crippen molar-refractivity contribution in [1.82, 2.24) is 5.32 Å². The van der Waals surface area contributed by atoms with Crippen molar-refractivity contribution in [2.75, 3.05) is 13.2 Å². The van der Waals surface area contributed by atoms with Gasteiger partial charge in [-0.25, -0.2) is 0 Å². The van der Waals surface area contributed by atoms with E-state index in [-0.39, 0.29) is 11.9 Å². The fourth-order valence-corrected chi connectivity index (χ4v) is 3.11. The molecule has 0 aliphatic carbocycles. The molecule has 3 aromatic rings. The van der Waals surface area contributed by atoms with Gasteiger partial charge in [-0.15, -0.1) is 0 Å². The summed E-state index contributed by atoms with van der Waals surface area (Å²) < 4.78 is 11.2. The molecule has 1 unspecified atom stereocenters. The Morgan fingerprint density at radius 1 is 0.960 bits per heavy atom. The standard InChI is InChI=1S/C21H19NO3/c1-14(16-9-10-19-20(13-16)25-12-11-24-19)22-21(23)18-8-4-6-15-5-2-3-7-17(15)18/h2-10,13-14H,11-12H2,1H3,(H,22,23). The Balaban J connectivity index is 1.58. The zero-order valence-corrected chi connectivity index (χ0v) is 14.0. The Kier molecular flexibility index (Phi) is 4.02. The van der Waals surface area contributed by atoms with Crippen LogP contribution in [0.1, 0.15) is 28.9 Å². The quantitative estimate of drug-likeness (QED) is 0.785. The van der Waals surface area contributed by atoms with Gasteiger partial charge >= 0.3 is 0 Å². The Morgan fingerprint density at radius 3 is 2.60 bits per heavy atom. The van der Waals surface area contributed by atoms with E-state index in [1.807, 2.05) is 67.6 Å². The lowest BCUT2D eigenvalue weighted by Gasteiger charge is -2.21. The lowest BCUT2D eigenvalue weighted by atomic mass is 10.0. The molecule has 126 valence electrons. The second kappa shape index (κ2) is 6.48. The van der Waals surface area contributed by atoms with Crippen LogP contribution >= 0.6 is 0 Å². The molecule has 0 bridgehead atoms. The van der Waals surface area contributed by atoms with E-state index < -0.39 is 0 Å². The number of nitrogens with one attached hydrogen (secondary N) is 1. The van der Waals surface area contributed by atoms with Crippen molar-refractivity contribution in [2.24, 2.45) is 0 Å². The SMILES string of the molecule is CC(NC(=O)c1cccc2ccccc12)c1ccc2c(c1)OCCO2. The van der Waals surface area contributed by atoms with Crippen LogP contribution in [0.2, 0.25) is 0 Å². The van der Waals surface area contributed by atoms with Crippen molar-refractivity contribution in [3.05, 3.63) is 71.8 Å². The summed E-state index contributed by atoms with van der Waals surface area (Å²) in [5.74, 6) is 1.40. The number of carbonyl (C=O) groups excluding carboxylic acids is 1. The molecule has 1 N–H and O–H groups in total. The van der Waals surface area contributed by atoms with Gasteiger partial charge in [0.15, 0.2) is 11.5 Å². The fraction of sp³-hybridized carbons (Fsp3) is 0.190. The second-order valence-corrected chi connectivity index (χ2v) is 6.12. The average Bonchev–Trinajstić information content (AvgIpc) is 2.67. The molecule has 4 nitrogen and oxygen atoms in total. The second-order valence-electron chi connectivity index (χ2n) is 6.12. The van der Waals surface area contributed by atoms with E-state index in [9.17, 15) is 4.79 Å². The molecular formula is C21H19NO3. The molecule has 3 aromatic carbocycles. The highest BCUT2D eigenvalue weighted by Crippen LogP contribution is 2.32. The van der Waals surface area contributed by atoms with Gasteiger partial charge in [0.05, 0.1) is 6.04 Å². The van der Waals surface area contributed by atoms with Gasteiger partial charge in [0, 0.05) is 5.56 Å². The van der Waals surface area contributed by atoms with Gasteiger partial charge in [-0.1, -0.05) is 42.5 Å². The topological polar surface area (TPSA) is 47.6 Å². The number of rotatable bonds is 3. The summed E-state index contributed by atoms with van der Waals surface area (Å²) in [7, 11) is 0. The van der Waals surface area contributed by atoms with Crippen LogP contribution in [0.25, 0.3) is 10.8 Å². The molecule has 4 rings (SSSR count). The molecule has 1 aliphatic rings. The minimum atomic E-state index is -0.137. The highest BCUT2D eigenvalue weighted by molar-refractivity contribution is 6.07. The summed E-state index contributed by atoms with van der Waals surface area (Å²) in [6.07, 6.45) is 0. The van der Waals surface area contributed by atoms with Gasteiger partial charge in [-0.05, 0) is 41.5 Å². The van der Waals surface area contributed by atoms with Crippen molar-refractivity contribution in [3.63, 3.8) is 0 Å². The van der Waals surface area contributed by atoms with Gasteiger partial charge in [0.25, 0.3) is 5.91 Å². The molecule has 0 saturated heterocycles. The van der Waals surface area contributed by atoms with Crippen LogP contribution < -0.4 is 14.8 Å². The molecule has 1 atom stereocenters. The molecule has 0 radical (unpaired) electrons. The van der Waals surface area contributed by atoms with E-state index >= 15 is 0 Å². The fourth-order valence-electron chi connectivity index (χ4n) is 3.11. The van der Waals surface area contributed by atoms with Crippen molar-refractivity contribution in [3.8, 4) is 11.5 Å². The van der Waals surface area contributed by atoms with Crippen LogP contribution in [0.3, 0.4) is 0 Å². The van der Waals surface area contributed by atoms with E-state index in [2.05, 4.69) is 5.32 Å². The molecular weight excluding hydrogens is 314 g/mol. The Bertz CT molecular complexity index is 930. The molecule has 0 fully saturated rings. The van der Waals surface area contributed by atoms with E-state index in [4.69, 9.17) is 9.47 Å². The minimum absolute atomic E-state index is 0.0841. The third-order valence-electron chi connectivity index (χ3n) is 4.45. The average molecular weight is 333 g/mol. The van der Waals surface area contributed by atoms with Crippen LogP contribution in [0.15, 0.2) is 60.7 Å². The molecule has 4 heteroatoms. The molecule has 1 heterocycles. The van der Waals surface area contributed by atoms with E-state index in [0.29, 0.717) is 18.8 Å². The smallest absolute Gasteiger partial charge is 0.252 e. The summed E-state index contributed by atoms with van der Waals surface area (Å²) in [5.41, 5.74) is 1.67.